The van der Waals surface area contributed by atoms with Gasteiger partial charge in [-0.2, -0.15) is 12.6 Å². The first-order valence-electron chi connectivity index (χ1n) is 3.48. The lowest BCUT2D eigenvalue weighted by molar-refractivity contribution is 0.608. The van der Waals surface area contributed by atoms with Crippen molar-refractivity contribution < 1.29 is 4.39 Å². The van der Waals surface area contributed by atoms with Crippen LogP contribution < -0.4 is 5.73 Å². The molecule has 12 heavy (non-hydrogen) atoms. The van der Waals surface area contributed by atoms with Crippen molar-refractivity contribution in [1.82, 2.24) is 0 Å². The lowest BCUT2D eigenvalue weighted by Gasteiger charge is -2.08. The first kappa shape index (κ1) is 9.84. The molecule has 0 heterocycles. The van der Waals surface area contributed by atoms with Gasteiger partial charge in [0.05, 0.1) is 0 Å². The Morgan fingerprint density at radius 1 is 1.58 bits per heavy atom. The van der Waals surface area contributed by atoms with Crippen LogP contribution in [0.25, 0.3) is 0 Å². The Morgan fingerprint density at radius 3 is 2.83 bits per heavy atom. The third-order valence-electron chi connectivity index (χ3n) is 1.54. The van der Waals surface area contributed by atoms with E-state index in [0.717, 1.165) is 0 Å². The molecule has 1 atom stereocenters. The van der Waals surface area contributed by atoms with Crippen molar-refractivity contribution in [3.8, 4) is 0 Å². The van der Waals surface area contributed by atoms with Crippen LogP contribution in [-0.2, 0) is 0 Å². The molecular formula is C8H9ClFNS. The third kappa shape index (κ3) is 2.12. The van der Waals surface area contributed by atoms with E-state index >= 15 is 0 Å². The van der Waals surface area contributed by atoms with Crippen molar-refractivity contribution in [2.45, 2.75) is 5.25 Å². The molecule has 1 rings (SSSR count). The fraction of sp³-hybridized carbons (Fsp3) is 0.250. The zero-order chi connectivity index (χ0) is 9.14. The third-order valence-corrected chi connectivity index (χ3v) is 2.26. The van der Waals surface area contributed by atoms with Crippen LogP contribution in [-0.4, -0.2) is 6.54 Å². The molecule has 0 aromatic heterocycles. The second-order valence-electron chi connectivity index (χ2n) is 2.42. The van der Waals surface area contributed by atoms with Crippen molar-refractivity contribution in [2.24, 2.45) is 5.73 Å². The van der Waals surface area contributed by atoms with Crippen LogP contribution in [0.2, 0.25) is 5.02 Å². The number of hydrogen-bond acceptors (Lipinski definition) is 2. The smallest absolute Gasteiger partial charge is 0.127 e. The topological polar surface area (TPSA) is 26.0 Å². The zero-order valence-corrected chi connectivity index (χ0v) is 7.95. The average molecular weight is 206 g/mol. The number of benzene rings is 1. The average Bonchev–Trinajstić information content (AvgIpc) is 2.08. The first-order chi connectivity index (χ1) is 5.65. The van der Waals surface area contributed by atoms with Crippen LogP contribution in [0.4, 0.5) is 4.39 Å². The van der Waals surface area contributed by atoms with Gasteiger partial charge in [0.25, 0.3) is 0 Å². The summed E-state index contributed by atoms with van der Waals surface area (Å²) in [6.45, 7) is 0.292. The molecule has 0 fully saturated rings. The highest BCUT2D eigenvalue weighted by molar-refractivity contribution is 7.80. The first-order valence-corrected chi connectivity index (χ1v) is 4.37. The Balaban J connectivity index is 3.04. The van der Waals surface area contributed by atoms with E-state index in [-0.39, 0.29) is 11.1 Å². The highest BCUT2D eigenvalue weighted by atomic mass is 35.5. The van der Waals surface area contributed by atoms with Gasteiger partial charge in [-0.1, -0.05) is 11.6 Å². The summed E-state index contributed by atoms with van der Waals surface area (Å²) in [5.74, 6) is -0.315. The summed E-state index contributed by atoms with van der Waals surface area (Å²) in [4.78, 5) is 0. The minimum Gasteiger partial charge on any atom is -0.329 e. The highest BCUT2D eigenvalue weighted by Gasteiger charge is 2.09. The van der Waals surface area contributed by atoms with Crippen LogP contribution in [0, 0.1) is 5.82 Å². The molecule has 0 aliphatic carbocycles. The van der Waals surface area contributed by atoms with Gasteiger partial charge < -0.3 is 5.73 Å². The Bertz CT molecular complexity index is 280. The number of hydrogen-bond donors (Lipinski definition) is 2. The number of halogens is 2. The predicted molar refractivity (Wildman–Crippen MR) is 52.2 cm³/mol. The van der Waals surface area contributed by atoms with Crippen molar-refractivity contribution in [2.75, 3.05) is 6.54 Å². The summed E-state index contributed by atoms with van der Waals surface area (Å²) in [6, 6.07) is 4.36. The molecule has 4 heteroatoms. The van der Waals surface area contributed by atoms with Gasteiger partial charge >= 0.3 is 0 Å². The molecule has 66 valence electrons. The standard InChI is InChI=1S/C8H9ClFNS/c9-5-1-2-7(10)6(3-5)8(12)4-11/h1-3,8,12H,4,11H2. The van der Waals surface area contributed by atoms with E-state index in [4.69, 9.17) is 17.3 Å². The molecule has 0 bridgehead atoms. The van der Waals surface area contributed by atoms with Crippen molar-refractivity contribution in [3.63, 3.8) is 0 Å². The van der Waals surface area contributed by atoms with Gasteiger partial charge in [-0.25, -0.2) is 4.39 Å². The van der Waals surface area contributed by atoms with E-state index in [0.29, 0.717) is 17.1 Å². The summed E-state index contributed by atoms with van der Waals surface area (Å²) < 4.78 is 13.0. The van der Waals surface area contributed by atoms with Crippen LogP contribution in [0.3, 0.4) is 0 Å². The molecule has 0 saturated carbocycles. The summed E-state index contributed by atoms with van der Waals surface area (Å²) in [6.07, 6.45) is 0. The molecule has 1 unspecified atom stereocenters. The van der Waals surface area contributed by atoms with Crippen LogP contribution in [0.5, 0.6) is 0 Å². The molecule has 1 nitrogen and oxygen atoms in total. The van der Waals surface area contributed by atoms with Gasteiger partial charge in [-0.3, -0.25) is 0 Å². The van der Waals surface area contributed by atoms with Gasteiger partial charge in [0.2, 0.25) is 0 Å². The van der Waals surface area contributed by atoms with Crippen molar-refractivity contribution in [1.29, 1.82) is 0 Å². The van der Waals surface area contributed by atoms with E-state index in [9.17, 15) is 4.39 Å². The fourth-order valence-corrected chi connectivity index (χ4v) is 1.28. The molecule has 0 radical (unpaired) electrons. The van der Waals surface area contributed by atoms with E-state index in [2.05, 4.69) is 12.6 Å². The minimum absolute atomic E-state index is 0.288. The van der Waals surface area contributed by atoms with Gasteiger partial charge in [0.1, 0.15) is 5.82 Å². The molecule has 1 aromatic carbocycles. The number of thiol groups is 1. The molecule has 0 aliphatic rings. The molecule has 2 N–H and O–H groups in total. The lowest BCUT2D eigenvalue weighted by Crippen LogP contribution is -2.08. The highest BCUT2D eigenvalue weighted by Crippen LogP contribution is 2.24. The van der Waals surface area contributed by atoms with Crippen LogP contribution in [0.1, 0.15) is 10.8 Å². The molecular weight excluding hydrogens is 197 g/mol. The fourth-order valence-electron chi connectivity index (χ4n) is 0.897. The zero-order valence-electron chi connectivity index (χ0n) is 6.30. The monoisotopic (exact) mass is 205 g/mol. The maximum Gasteiger partial charge on any atom is 0.127 e. The Kier molecular flexibility index (Phi) is 3.38. The Hall–Kier alpha value is -0.250. The minimum atomic E-state index is -0.315. The number of nitrogens with two attached hydrogens (primary N) is 1. The molecule has 0 amide bonds. The van der Waals surface area contributed by atoms with Gasteiger partial charge in [0.15, 0.2) is 0 Å². The summed E-state index contributed by atoms with van der Waals surface area (Å²) in [5.41, 5.74) is 5.79. The Labute approximate surface area is 81.1 Å². The maximum atomic E-state index is 13.0. The maximum absolute atomic E-state index is 13.0. The van der Waals surface area contributed by atoms with E-state index < -0.39 is 0 Å². The van der Waals surface area contributed by atoms with Crippen molar-refractivity contribution >= 4 is 24.2 Å². The van der Waals surface area contributed by atoms with Gasteiger partial charge in [-0.15, -0.1) is 0 Å². The molecule has 0 spiro atoms. The van der Waals surface area contributed by atoms with Gasteiger partial charge in [-0.05, 0) is 18.2 Å². The molecule has 0 aliphatic heterocycles. The van der Waals surface area contributed by atoms with Gasteiger partial charge in [0, 0.05) is 22.4 Å². The van der Waals surface area contributed by atoms with Crippen molar-refractivity contribution in [3.05, 3.63) is 34.6 Å². The second-order valence-corrected chi connectivity index (χ2v) is 3.48. The predicted octanol–water partition coefficient (Wildman–Crippen LogP) is 2.41. The second kappa shape index (κ2) is 4.12. The quantitative estimate of drug-likeness (QED) is 0.713. The van der Waals surface area contributed by atoms with E-state index in [1.54, 1.807) is 6.07 Å². The summed E-state index contributed by atoms with van der Waals surface area (Å²) in [7, 11) is 0. The molecule has 1 aromatic rings. The van der Waals surface area contributed by atoms with E-state index in [1.165, 1.54) is 12.1 Å². The van der Waals surface area contributed by atoms with Crippen LogP contribution >= 0.6 is 24.2 Å². The number of rotatable bonds is 2. The normalized spacial score (nSPS) is 13.0. The largest absolute Gasteiger partial charge is 0.329 e. The van der Waals surface area contributed by atoms with Crippen LogP contribution in [0.15, 0.2) is 18.2 Å². The summed E-state index contributed by atoms with van der Waals surface area (Å²) in [5, 5.41) is 0.211. The summed E-state index contributed by atoms with van der Waals surface area (Å²) >= 11 is 9.79. The van der Waals surface area contributed by atoms with E-state index in [1.807, 2.05) is 0 Å². The SMILES string of the molecule is NCC(S)c1cc(Cl)ccc1F. The molecule has 0 saturated heterocycles. The Morgan fingerprint density at radius 2 is 2.25 bits per heavy atom. The lowest BCUT2D eigenvalue weighted by atomic mass is 10.1.